The number of anilines is 1. The topological polar surface area (TPSA) is 29.0 Å². The molecule has 0 atom stereocenters. The zero-order valence-corrected chi connectivity index (χ0v) is 16.7. The Balaban J connectivity index is 1.63. The van der Waals surface area contributed by atoms with E-state index in [1.165, 1.54) is 73.0 Å². The van der Waals surface area contributed by atoms with Gasteiger partial charge in [0.05, 0.1) is 5.39 Å². The van der Waals surface area contributed by atoms with Crippen molar-refractivity contribution in [2.45, 2.75) is 57.8 Å². The number of benzene rings is 1. The van der Waals surface area contributed by atoms with Gasteiger partial charge < -0.3 is 4.90 Å². The maximum Gasteiger partial charge on any atom is 0.141 e. The smallest absolute Gasteiger partial charge is 0.141 e. The Hall–Kier alpha value is -1.94. The molecule has 0 unspecified atom stereocenters. The van der Waals surface area contributed by atoms with E-state index in [-0.39, 0.29) is 0 Å². The third-order valence-corrected chi connectivity index (χ3v) is 7.14. The van der Waals surface area contributed by atoms with Crippen molar-refractivity contribution in [1.29, 1.82) is 0 Å². The molecule has 0 amide bonds. The van der Waals surface area contributed by atoms with E-state index < -0.39 is 0 Å². The highest BCUT2D eigenvalue weighted by Gasteiger charge is 2.24. The van der Waals surface area contributed by atoms with E-state index in [2.05, 4.69) is 35.2 Å². The van der Waals surface area contributed by atoms with Gasteiger partial charge in [0.25, 0.3) is 0 Å². The third kappa shape index (κ3) is 3.47. The summed E-state index contributed by atoms with van der Waals surface area (Å²) < 4.78 is 0. The number of fused-ring (bicyclic) bond motifs is 3. The third-order valence-electron chi connectivity index (χ3n) is 5.95. The number of piperidine rings is 1. The molecule has 3 nitrogen and oxygen atoms in total. The van der Waals surface area contributed by atoms with Gasteiger partial charge in [0.2, 0.25) is 0 Å². The molecule has 4 heteroatoms. The van der Waals surface area contributed by atoms with Gasteiger partial charge in [-0.3, -0.25) is 0 Å². The fourth-order valence-corrected chi connectivity index (χ4v) is 5.82. The molecule has 27 heavy (non-hydrogen) atoms. The van der Waals surface area contributed by atoms with E-state index in [0.29, 0.717) is 0 Å². The molecule has 3 aromatic rings. The monoisotopic (exact) mass is 377 g/mol. The minimum absolute atomic E-state index is 0.820. The van der Waals surface area contributed by atoms with Crippen LogP contribution in [0.15, 0.2) is 30.3 Å². The Labute approximate surface area is 165 Å². The molecule has 2 aliphatic rings. The molecule has 1 aliphatic carbocycles. The first-order chi connectivity index (χ1) is 13.4. The van der Waals surface area contributed by atoms with Gasteiger partial charge in [0.1, 0.15) is 16.5 Å². The highest BCUT2D eigenvalue weighted by atomic mass is 32.1. The molecule has 1 aromatic carbocycles. The van der Waals surface area contributed by atoms with E-state index >= 15 is 0 Å². The number of hydrogen-bond acceptors (Lipinski definition) is 4. The quantitative estimate of drug-likeness (QED) is 0.561. The number of rotatable bonds is 3. The minimum Gasteiger partial charge on any atom is -0.356 e. The van der Waals surface area contributed by atoms with Crippen molar-refractivity contribution < 1.29 is 0 Å². The molecule has 0 bridgehead atoms. The molecule has 0 spiro atoms. The van der Waals surface area contributed by atoms with Crippen LogP contribution < -0.4 is 4.90 Å². The maximum absolute atomic E-state index is 5.15. The Morgan fingerprint density at radius 1 is 0.852 bits per heavy atom. The minimum atomic E-state index is 0.820. The molecule has 0 saturated carbocycles. The summed E-state index contributed by atoms with van der Waals surface area (Å²) >= 11 is 1.94. The van der Waals surface area contributed by atoms with E-state index in [4.69, 9.17) is 9.97 Å². The molecule has 2 aromatic heterocycles. The van der Waals surface area contributed by atoms with Crippen molar-refractivity contribution in [3.05, 3.63) is 52.2 Å². The fourth-order valence-electron chi connectivity index (χ4n) is 4.55. The zero-order chi connectivity index (χ0) is 18.1. The highest BCUT2D eigenvalue weighted by molar-refractivity contribution is 7.19. The van der Waals surface area contributed by atoms with Crippen LogP contribution in [0.1, 0.15) is 60.4 Å². The van der Waals surface area contributed by atoms with Crippen molar-refractivity contribution >= 4 is 27.4 Å². The molecular formula is C23H27N3S. The van der Waals surface area contributed by atoms with Crippen molar-refractivity contribution in [2.24, 2.45) is 0 Å². The fraction of sp³-hybridized carbons (Fsp3) is 0.478. The lowest BCUT2D eigenvalue weighted by atomic mass is 10.1. The van der Waals surface area contributed by atoms with Gasteiger partial charge in [-0.2, -0.15) is 0 Å². The Morgan fingerprint density at radius 3 is 2.48 bits per heavy atom. The van der Waals surface area contributed by atoms with Crippen LogP contribution in [0.5, 0.6) is 0 Å². The second-order valence-electron chi connectivity index (χ2n) is 7.92. The van der Waals surface area contributed by atoms with E-state index in [9.17, 15) is 0 Å². The molecular weight excluding hydrogens is 350 g/mol. The summed E-state index contributed by atoms with van der Waals surface area (Å²) in [4.78, 5) is 15.5. The second-order valence-corrected chi connectivity index (χ2v) is 9.00. The Morgan fingerprint density at radius 2 is 1.63 bits per heavy atom. The van der Waals surface area contributed by atoms with E-state index in [0.717, 1.165) is 25.3 Å². The standard InChI is InChI=1S/C23H27N3S/c1-4-10-17(11-5-1)16-20-24-22(26-14-8-3-9-15-26)21-18-12-6-2-7-13-19(18)27-23(21)25-20/h1,4-5,10-11H,2-3,6-9,12-16H2. The van der Waals surface area contributed by atoms with E-state index in [1.54, 1.807) is 10.4 Å². The normalized spacial score (nSPS) is 17.7. The van der Waals surface area contributed by atoms with E-state index in [1.807, 2.05) is 11.3 Å². The van der Waals surface area contributed by atoms with Gasteiger partial charge in [-0.05, 0) is 56.1 Å². The zero-order valence-electron chi connectivity index (χ0n) is 15.9. The average Bonchev–Trinajstić information content (AvgIpc) is 2.90. The van der Waals surface area contributed by atoms with Crippen LogP contribution >= 0.6 is 11.3 Å². The van der Waals surface area contributed by atoms with Crippen LogP contribution in [0.4, 0.5) is 5.82 Å². The lowest BCUT2D eigenvalue weighted by Crippen LogP contribution is -2.30. The SMILES string of the molecule is c1ccc(Cc2nc(N3CCCCC3)c3c4c(sc3n2)CCCCC4)cc1. The van der Waals surface area contributed by atoms with Crippen LogP contribution in [0, 0.1) is 0 Å². The van der Waals surface area contributed by atoms with Gasteiger partial charge in [-0.15, -0.1) is 11.3 Å². The predicted molar refractivity (Wildman–Crippen MR) is 114 cm³/mol. The van der Waals surface area contributed by atoms with Crippen molar-refractivity contribution in [3.8, 4) is 0 Å². The maximum atomic E-state index is 5.15. The number of nitrogens with zero attached hydrogens (tertiary/aromatic N) is 3. The highest BCUT2D eigenvalue weighted by Crippen LogP contribution is 2.40. The lowest BCUT2D eigenvalue weighted by molar-refractivity contribution is 0.574. The van der Waals surface area contributed by atoms with Gasteiger partial charge in [0, 0.05) is 24.4 Å². The van der Waals surface area contributed by atoms with Crippen molar-refractivity contribution in [3.63, 3.8) is 0 Å². The van der Waals surface area contributed by atoms with Gasteiger partial charge in [-0.25, -0.2) is 9.97 Å². The summed E-state index contributed by atoms with van der Waals surface area (Å²) in [6.45, 7) is 2.28. The number of hydrogen-bond donors (Lipinski definition) is 0. The first-order valence-corrected chi connectivity index (χ1v) is 11.3. The van der Waals surface area contributed by atoms with Crippen LogP contribution in [0.3, 0.4) is 0 Å². The predicted octanol–water partition coefficient (Wildman–Crippen LogP) is 5.54. The number of thiophene rings is 1. The van der Waals surface area contributed by atoms with Crippen LogP contribution in [0.25, 0.3) is 10.2 Å². The first kappa shape index (κ1) is 17.2. The summed E-state index contributed by atoms with van der Waals surface area (Å²) in [5.41, 5.74) is 2.86. The molecule has 140 valence electrons. The van der Waals surface area contributed by atoms with Gasteiger partial charge in [0.15, 0.2) is 0 Å². The van der Waals surface area contributed by atoms with Crippen molar-refractivity contribution in [1.82, 2.24) is 9.97 Å². The Kier molecular flexibility index (Phi) is 4.83. The van der Waals surface area contributed by atoms with Crippen molar-refractivity contribution in [2.75, 3.05) is 18.0 Å². The number of aromatic nitrogens is 2. The average molecular weight is 378 g/mol. The van der Waals surface area contributed by atoms with Gasteiger partial charge >= 0.3 is 0 Å². The summed E-state index contributed by atoms with van der Waals surface area (Å²) in [6, 6.07) is 10.6. The largest absolute Gasteiger partial charge is 0.356 e. The summed E-state index contributed by atoms with van der Waals surface area (Å²) in [6.07, 6.45) is 11.2. The molecule has 1 fully saturated rings. The molecule has 0 radical (unpaired) electrons. The lowest BCUT2D eigenvalue weighted by Gasteiger charge is -2.29. The summed E-state index contributed by atoms with van der Waals surface area (Å²) in [5, 5.41) is 1.38. The summed E-state index contributed by atoms with van der Waals surface area (Å²) in [5.74, 6) is 2.20. The van der Waals surface area contributed by atoms with Crippen LogP contribution in [-0.2, 0) is 19.3 Å². The molecule has 5 rings (SSSR count). The molecule has 3 heterocycles. The molecule has 0 N–H and O–H groups in total. The van der Waals surface area contributed by atoms with Gasteiger partial charge in [-0.1, -0.05) is 36.8 Å². The first-order valence-electron chi connectivity index (χ1n) is 10.5. The Bertz CT molecular complexity index is 926. The molecule has 1 aliphatic heterocycles. The molecule has 1 saturated heterocycles. The number of aryl methyl sites for hydroxylation is 2. The van der Waals surface area contributed by atoms with Crippen LogP contribution in [0.2, 0.25) is 0 Å². The summed E-state index contributed by atoms with van der Waals surface area (Å²) in [7, 11) is 0. The van der Waals surface area contributed by atoms with Crippen LogP contribution in [-0.4, -0.2) is 23.1 Å². The second kappa shape index (κ2) is 7.59.